The number of carbonyl (C=O) groups is 1. The fraction of sp³-hybridized carbons (Fsp3) is 0.250. The van der Waals surface area contributed by atoms with Crippen LogP contribution in [0.5, 0.6) is 0 Å². The van der Waals surface area contributed by atoms with Gasteiger partial charge in [-0.2, -0.15) is 0 Å². The van der Waals surface area contributed by atoms with Gasteiger partial charge in [-0.25, -0.2) is 4.98 Å². The molecule has 0 amide bonds. The summed E-state index contributed by atoms with van der Waals surface area (Å²) in [7, 11) is 0. The van der Waals surface area contributed by atoms with Gasteiger partial charge >= 0.3 is 0 Å². The van der Waals surface area contributed by atoms with Crippen LogP contribution in [-0.2, 0) is 6.42 Å². The van der Waals surface area contributed by atoms with E-state index in [0.717, 1.165) is 30.6 Å². The molecule has 4 nitrogen and oxygen atoms in total. The Morgan fingerprint density at radius 2 is 2.25 bits per heavy atom. The smallest absolute Gasteiger partial charge is 0.170 e. The van der Waals surface area contributed by atoms with Crippen LogP contribution in [0.2, 0.25) is 0 Å². The molecule has 0 radical (unpaired) electrons. The highest BCUT2D eigenvalue weighted by Crippen LogP contribution is 2.13. The molecule has 0 unspecified atom stereocenters. The number of imidazole rings is 1. The molecule has 16 heavy (non-hydrogen) atoms. The first-order valence-electron chi connectivity index (χ1n) is 5.29. The number of hydrogen-bond donors (Lipinski definition) is 0. The molecule has 2 aromatic heterocycles. The topological polar surface area (TPSA) is 47.8 Å². The number of nitrogens with zero attached hydrogens (tertiary/aromatic N) is 3. The maximum atomic E-state index is 10.9. The van der Waals surface area contributed by atoms with Crippen LogP contribution in [0.25, 0.3) is 5.69 Å². The van der Waals surface area contributed by atoms with Crippen molar-refractivity contribution in [2.45, 2.75) is 19.8 Å². The molecule has 0 spiro atoms. The van der Waals surface area contributed by atoms with Gasteiger partial charge < -0.3 is 4.57 Å². The van der Waals surface area contributed by atoms with Gasteiger partial charge in [0.15, 0.2) is 6.29 Å². The van der Waals surface area contributed by atoms with E-state index in [1.807, 2.05) is 22.9 Å². The van der Waals surface area contributed by atoms with Crippen LogP contribution in [0.15, 0.2) is 30.7 Å². The van der Waals surface area contributed by atoms with E-state index in [0.29, 0.717) is 5.69 Å². The molecule has 4 heteroatoms. The number of rotatable bonds is 4. The molecule has 0 aliphatic rings. The molecule has 2 aromatic rings. The van der Waals surface area contributed by atoms with Gasteiger partial charge in [0.2, 0.25) is 0 Å². The average molecular weight is 215 g/mol. The summed E-state index contributed by atoms with van der Waals surface area (Å²) in [4.78, 5) is 19.2. The zero-order valence-electron chi connectivity index (χ0n) is 9.13. The summed E-state index contributed by atoms with van der Waals surface area (Å²) in [6, 6.07) is 3.69. The van der Waals surface area contributed by atoms with Crippen molar-refractivity contribution >= 4 is 6.29 Å². The molecule has 0 aromatic carbocycles. The van der Waals surface area contributed by atoms with Gasteiger partial charge in [0, 0.05) is 25.0 Å². The number of hydrogen-bond acceptors (Lipinski definition) is 3. The first kappa shape index (κ1) is 10.5. The zero-order valence-corrected chi connectivity index (χ0v) is 9.13. The molecule has 0 aliphatic heterocycles. The number of aromatic nitrogens is 3. The molecule has 2 heterocycles. The monoisotopic (exact) mass is 215 g/mol. The minimum absolute atomic E-state index is 0.442. The minimum atomic E-state index is 0.442. The Morgan fingerprint density at radius 3 is 3.00 bits per heavy atom. The number of pyridine rings is 1. The second-order valence-corrected chi connectivity index (χ2v) is 3.49. The molecule has 0 saturated heterocycles. The average Bonchev–Trinajstić information content (AvgIpc) is 2.77. The highest BCUT2D eigenvalue weighted by atomic mass is 16.1. The standard InChI is InChI=1S/C12H13N3O/c1-2-4-12-14-7-8-15(12)11-5-3-6-13-10(11)9-16/h3,5-9H,2,4H2,1H3. The van der Waals surface area contributed by atoms with E-state index < -0.39 is 0 Å². The van der Waals surface area contributed by atoms with Crippen LogP contribution in [0.1, 0.15) is 29.7 Å². The first-order chi connectivity index (χ1) is 7.86. The summed E-state index contributed by atoms with van der Waals surface area (Å²) < 4.78 is 1.92. The van der Waals surface area contributed by atoms with Gasteiger partial charge in [0.05, 0.1) is 5.69 Å². The van der Waals surface area contributed by atoms with E-state index in [-0.39, 0.29) is 0 Å². The van der Waals surface area contributed by atoms with Crippen molar-refractivity contribution in [3.05, 3.63) is 42.2 Å². The quantitative estimate of drug-likeness (QED) is 0.733. The van der Waals surface area contributed by atoms with Crippen LogP contribution >= 0.6 is 0 Å². The normalized spacial score (nSPS) is 10.3. The highest BCUT2D eigenvalue weighted by molar-refractivity contribution is 5.77. The van der Waals surface area contributed by atoms with Crippen LogP contribution in [0, 0.1) is 0 Å². The van der Waals surface area contributed by atoms with Crippen molar-refractivity contribution in [3.8, 4) is 5.69 Å². The van der Waals surface area contributed by atoms with Gasteiger partial charge in [-0.15, -0.1) is 0 Å². The third kappa shape index (κ3) is 1.86. The van der Waals surface area contributed by atoms with E-state index in [2.05, 4.69) is 16.9 Å². The fourth-order valence-corrected chi connectivity index (χ4v) is 1.67. The molecular weight excluding hydrogens is 202 g/mol. The largest absolute Gasteiger partial charge is 0.301 e. The van der Waals surface area contributed by atoms with Crippen LogP contribution in [-0.4, -0.2) is 20.8 Å². The predicted octanol–water partition coefficient (Wildman–Crippen LogP) is 2.03. The van der Waals surface area contributed by atoms with E-state index in [4.69, 9.17) is 0 Å². The molecule has 2 rings (SSSR count). The van der Waals surface area contributed by atoms with Crippen LogP contribution in [0.4, 0.5) is 0 Å². The van der Waals surface area contributed by atoms with Gasteiger partial charge in [-0.1, -0.05) is 6.92 Å². The van der Waals surface area contributed by atoms with E-state index in [1.165, 1.54) is 0 Å². The van der Waals surface area contributed by atoms with E-state index in [9.17, 15) is 4.79 Å². The van der Waals surface area contributed by atoms with E-state index in [1.54, 1.807) is 12.4 Å². The van der Waals surface area contributed by atoms with Crippen LogP contribution in [0.3, 0.4) is 0 Å². The van der Waals surface area contributed by atoms with Crippen molar-refractivity contribution in [3.63, 3.8) is 0 Å². The Hall–Kier alpha value is -1.97. The molecule has 0 bridgehead atoms. The molecule has 0 aliphatic carbocycles. The van der Waals surface area contributed by atoms with E-state index >= 15 is 0 Å². The van der Waals surface area contributed by atoms with Gasteiger partial charge in [-0.05, 0) is 18.6 Å². The summed E-state index contributed by atoms with van der Waals surface area (Å²) in [5.74, 6) is 0.957. The zero-order chi connectivity index (χ0) is 11.4. The third-order valence-electron chi connectivity index (χ3n) is 2.38. The Labute approximate surface area is 94.0 Å². The summed E-state index contributed by atoms with van der Waals surface area (Å²) >= 11 is 0. The summed E-state index contributed by atoms with van der Waals surface area (Å²) in [5, 5.41) is 0. The third-order valence-corrected chi connectivity index (χ3v) is 2.38. The lowest BCUT2D eigenvalue weighted by molar-refractivity contribution is 0.111. The Balaban J connectivity index is 2.49. The first-order valence-corrected chi connectivity index (χ1v) is 5.29. The molecule has 0 atom stereocenters. The second-order valence-electron chi connectivity index (χ2n) is 3.49. The summed E-state index contributed by atoms with van der Waals surface area (Å²) in [6.45, 7) is 2.10. The number of aryl methyl sites for hydroxylation is 1. The fourth-order valence-electron chi connectivity index (χ4n) is 1.67. The second kappa shape index (κ2) is 4.70. The predicted molar refractivity (Wildman–Crippen MR) is 60.7 cm³/mol. The Bertz CT molecular complexity index is 491. The molecule has 0 fully saturated rings. The maximum absolute atomic E-state index is 10.9. The summed E-state index contributed by atoms with van der Waals surface area (Å²) in [6.07, 6.45) is 7.89. The van der Waals surface area contributed by atoms with Crippen molar-refractivity contribution < 1.29 is 4.79 Å². The van der Waals surface area contributed by atoms with Gasteiger partial charge in [0.25, 0.3) is 0 Å². The van der Waals surface area contributed by atoms with Crippen molar-refractivity contribution in [1.29, 1.82) is 0 Å². The van der Waals surface area contributed by atoms with Crippen LogP contribution < -0.4 is 0 Å². The lowest BCUT2D eigenvalue weighted by atomic mass is 10.2. The van der Waals surface area contributed by atoms with Crippen molar-refractivity contribution in [1.82, 2.24) is 14.5 Å². The highest BCUT2D eigenvalue weighted by Gasteiger charge is 2.08. The molecule has 0 N–H and O–H groups in total. The maximum Gasteiger partial charge on any atom is 0.170 e. The van der Waals surface area contributed by atoms with Gasteiger partial charge in [-0.3, -0.25) is 9.78 Å². The van der Waals surface area contributed by atoms with Crippen molar-refractivity contribution in [2.75, 3.05) is 0 Å². The lowest BCUT2D eigenvalue weighted by Crippen LogP contribution is -2.04. The Morgan fingerprint density at radius 1 is 1.38 bits per heavy atom. The number of carbonyl (C=O) groups excluding carboxylic acids is 1. The SMILES string of the molecule is CCCc1nccn1-c1cccnc1C=O. The minimum Gasteiger partial charge on any atom is -0.301 e. The lowest BCUT2D eigenvalue weighted by Gasteiger charge is -2.08. The number of aldehydes is 1. The van der Waals surface area contributed by atoms with Crippen molar-refractivity contribution in [2.24, 2.45) is 0 Å². The molecule has 82 valence electrons. The Kier molecular flexibility index (Phi) is 3.10. The molecular formula is C12H13N3O. The van der Waals surface area contributed by atoms with Gasteiger partial charge in [0.1, 0.15) is 11.5 Å². The molecule has 0 saturated carbocycles. The summed E-state index contributed by atoms with van der Waals surface area (Å²) in [5.41, 5.74) is 1.23.